The maximum Gasteiger partial charge on any atom is 0.342 e. The number of hydrogen-bond acceptors (Lipinski definition) is 4. The first-order valence-corrected chi connectivity index (χ1v) is 9.57. The van der Waals surface area contributed by atoms with Crippen LogP contribution in [-0.2, 0) is 15.8 Å². The number of esters is 1. The van der Waals surface area contributed by atoms with Crippen LogP contribution in [0.3, 0.4) is 0 Å². The van der Waals surface area contributed by atoms with Gasteiger partial charge in [0.25, 0.3) is 0 Å². The van der Waals surface area contributed by atoms with E-state index in [1.54, 1.807) is 31.2 Å². The van der Waals surface area contributed by atoms with Gasteiger partial charge in [0.15, 0.2) is 11.1 Å². The van der Waals surface area contributed by atoms with Gasteiger partial charge in [-0.2, -0.15) is 0 Å². The van der Waals surface area contributed by atoms with Gasteiger partial charge in [0.05, 0.1) is 18.2 Å². The largest absolute Gasteiger partial charge is 0.495 e. The summed E-state index contributed by atoms with van der Waals surface area (Å²) in [6.07, 6.45) is 0. The number of carbonyl (C=O) groups excluding carboxylic acids is 1. The molecule has 0 aliphatic rings. The highest BCUT2D eigenvalue weighted by atomic mass is 79.9. The molecular formula is C18H19BrO5S. The van der Waals surface area contributed by atoms with Crippen molar-refractivity contribution in [3.8, 4) is 5.75 Å². The van der Waals surface area contributed by atoms with Gasteiger partial charge in [-0.3, -0.25) is 0 Å². The Balaban J connectivity index is 2.76. The number of carbonyl (C=O) groups is 1. The first-order chi connectivity index (χ1) is 11.9. The smallest absolute Gasteiger partial charge is 0.342 e. The lowest BCUT2D eigenvalue weighted by atomic mass is 9.95. The van der Waals surface area contributed by atoms with E-state index in [-0.39, 0.29) is 17.9 Å². The summed E-state index contributed by atoms with van der Waals surface area (Å²) in [6.45, 7) is 3.74. The van der Waals surface area contributed by atoms with Crippen LogP contribution in [-0.4, -0.2) is 28.4 Å². The molecule has 0 aromatic heterocycles. The van der Waals surface area contributed by atoms with Crippen molar-refractivity contribution in [2.45, 2.75) is 19.1 Å². The van der Waals surface area contributed by atoms with Crippen LogP contribution in [0.5, 0.6) is 5.75 Å². The van der Waals surface area contributed by atoms with Crippen LogP contribution in [0.15, 0.2) is 40.9 Å². The molecule has 0 bridgehead atoms. The van der Waals surface area contributed by atoms with Crippen molar-refractivity contribution in [2.24, 2.45) is 0 Å². The summed E-state index contributed by atoms with van der Waals surface area (Å²) in [5.41, 5.74) is 2.05. The third-order valence-electron chi connectivity index (χ3n) is 3.78. The molecule has 0 aliphatic carbocycles. The highest BCUT2D eigenvalue weighted by Crippen LogP contribution is 2.39. The lowest BCUT2D eigenvalue weighted by molar-refractivity contribution is 0.0521. The molecule has 2 atom stereocenters. The Hall–Kier alpha value is -1.70. The standard InChI is InChI=1S/C18H19BrO5S/c1-4-24-18(20)15-13(9-10-14(19)16(15)23-3)17(25(21)22)12-8-6-5-7-11(12)2/h5-10,17H,4H2,1-3H3,(H,21,22). The Morgan fingerprint density at radius 3 is 2.48 bits per heavy atom. The van der Waals surface area contributed by atoms with Crippen molar-refractivity contribution in [3.05, 3.63) is 63.1 Å². The molecule has 5 nitrogen and oxygen atoms in total. The van der Waals surface area contributed by atoms with Gasteiger partial charge in [0.1, 0.15) is 16.6 Å². The average molecular weight is 427 g/mol. The highest BCUT2D eigenvalue weighted by Gasteiger charge is 2.30. The molecule has 2 aromatic carbocycles. The Kier molecular flexibility index (Phi) is 6.75. The third-order valence-corrected chi connectivity index (χ3v) is 5.32. The second kappa shape index (κ2) is 8.60. The van der Waals surface area contributed by atoms with E-state index in [4.69, 9.17) is 9.47 Å². The number of aryl methyl sites for hydroxylation is 1. The van der Waals surface area contributed by atoms with Crippen molar-refractivity contribution >= 4 is 33.0 Å². The summed E-state index contributed by atoms with van der Waals surface area (Å²) in [7, 11) is 1.44. The van der Waals surface area contributed by atoms with Gasteiger partial charge >= 0.3 is 5.97 Å². The summed E-state index contributed by atoms with van der Waals surface area (Å²) in [5, 5.41) is -0.900. The summed E-state index contributed by atoms with van der Waals surface area (Å²) < 4.78 is 33.2. The maximum absolute atomic E-state index is 12.5. The Morgan fingerprint density at radius 1 is 1.24 bits per heavy atom. The van der Waals surface area contributed by atoms with E-state index in [0.29, 0.717) is 15.6 Å². The van der Waals surface area contributed by atoms with Crippen molar-refractivity contribution in [1.82, 2.24) is 0 Å². The maximum atomic E-state index is 12.5. The van der Waals surface area contributed by atoms with E-state index in [1.807, 2.05) is 19.1 Å². The fraction of sp³-hybridized carbons (Fsp3) is 0.278. The van der Waals surface area contributed by atoms with Crippen LogP contribution in [0, 0.1) is 6.92 Å². The predicted molar refractivity (Wildman–Crippen MR) is 100 cm³/mol. The van der Waals surface area contributed by atoms with Gasteiger partial charge in [0, 0.05) is 0 Å². The number of ether oxygens (including phenoxy) is 2. The summed E-state index contributed by atoms with van der Waals surface area (Å²) in [5.74, 6) is -0.320. The minimum atomic E-state index is -2.24. The molecule has 25 heavy (non-hydrogen) atoms. The second-order valence-electron chi connectivity index (χ2n) is 5.28. The van der Waals surface area contributed by atoms with E-state index in [0.717, 1.165) is 5.56 Å². The van der Waals surface area contributed by atoms with Crippen LogP contribution in [0.1, 0.15) is 39.2 Å². The monoisotopic (exact) mass is 426 g/mol. The molecule has 0 heterocycles. The summed E-state index contributed by atoms with van der Waals surface area (Å²) in [4.78, 5) is 12.5. The molecule has 2 aromatic rings. The Bertz CT molecular complexity index is 806. The number of methoxy groups -OCH3 is 1. The zero-order chi connectivity index (χ0) is 18.6. The first kappa shape index (κ1) is 19.6. The van der Waals surface area contributed by atoms with Crippen molar-refractivity contribution in [3.63, 3.8) is 0 Å². The molecule has 7 heteroatoms. The normalized spacial score (nSPS) is 13.2. The fourth-order valence-corrected chi connectivity index (χ4v) is 4.06. The van der Waals surface area contributed by atoms with E-state index in [1.165, 1.54) is 7.11 Å². The van der Waals surface area contributed by atoms with Crippen LogP contribution in [0.4, 0.5) is 0 Å². The van der Waals surface area contributed by atoms with Crippen LogP contribution in [0.25, 0.3) is 0 Å². The highest BCUT2D eigenvalue weighted by molar-refractivity contribution is 9.10. The van der Waals surface area contributed by atoms with Crippen molar-refractivity contribution in [1.29, 1.82) is 0 Å². The molecule has 0 radical (unpaired) electrons. The van der Waals surface area contributed by atoms with Gasteiger partial charge in [-0.25, -0.2) is 9.00 Å². The number of benzene rings is 2. The van der Waals surface area contributed by atoms with Crippen LogP contribution >= 0.6 is 15.9 Å². The van der Waals surface area contributed by atoms with Crippen LogP contribution < -0.4 is 4.74 Å². The molecule has 0 spiro atoms. The zero-order valence-electron chi connectivity index (χ0n) is 14.1. The second-order valence-corrected chi connectivity index (χ2v) is 7.16. The Morgan fingerprint density at radius 2 is 1.92 bits per heavy atom. The van der Waals surface area contributed by atoms with Crippen molar-refractivity contribution in [2.75, 3.05) is 13.7 Å². The quantitative estimate of drug-likeness (QED) is 0.551. The summed E-state index contributed by atoms with van der Waals surface area (Å²) in [6, 6.07) is 10.6. The zero-order valence-corrected chi connectivity index (χ0v) is 16.5. The molecule has 0 amide bonds. The van der Waals surface area contributed by atoms with Gasteiger partial charge < -0.3 is 14.0 Å². The SMILES string of the molecule is CCOC(=O)c1c(C(c2ccccc2C)S(=O)O)ccc(Br)c1OC. The molecular weight excluding hydrogens is 408 g/mol. The summed E-state index contributed by atoms with van der Waals surface area (Å²) >= 11 is 1.10. The van der Waals surface area contributed by atoms with Gasteiger partial charge in [-0.05, 0) is 52.5 Å². The van der Waals surface area contributed by atoms with E-state index < -0.39 is 22.3 Å². The molecule has 0 saturated carbocycles. The molecule has 0 saturated heterocycles. The fourth-order valence-electron chi connectivity index (χ4n) is 2.67. The lowest BCUT2D eigenvalue weighted by Crippen LogP contribution is -2.17. The third kappa shape index (κ3) is 4.11. The van der Waals surface area contributed by atoms with Gasteiger partial charge in [0.2, 0.25) is 0 Å². The minimum Gasteiger partial charge on any atom is -0.495 e. The van der Waals surface area contributed by atoms with Gasteiger partial charge in [-0.1, -0.05) is 30.3 Å². The predicted octanol–water partition coefficient (Wildman–Crippen LogP) is 4.25. The minimum absolute atomic E-state index is 0.148. The van der Waals surface area contributed by atoms with E-state index in [2.05, 4.69) is 15.9 Å². The van der Waals surface area contributed by atoms with Crippen molar-refractivity contribution < 1.29 is 23.0 Å². The molecule has 1 N–H and O–H groups in total. The molecule has 2 rings (SSSR count). The number of rotatable bonds is 6. The lowest BCUT2D eigenvalue weighted by Gasteiger charge is -2.21. The Labute approximate surface area is 157 Å². The van der Waals surface area contributed by atoms with E-state index in [9.17, 15) is 13.6 Å². The first-order valence-electron chi connectivity index (χ1n) is 7.61. The average Bonchev–Trinajstić information content (AvgIpc) is 2.57. The number of hydrogen-bond donors (Lipinski definition) is 1. The topological polar surface area (TPSA) is 72.8 Å². The van der Waals surface area contributed by atoms with Crippen LogP contribution in [0.2, 0.25) is 0 Å². The number of halogens is 1. The molecule has 2 unspecified atom stereocenters. The van der Waals surface area contributed by atoms with E-state index >= 15 is 0 Å². The van der Waals surface area contributed by atoms with Gasteiger partial charge in [-0.15, -0.1) is 0 Å². The molecule has 0 fully saturated rings. The molecule has 134 valence electrons. The molecule has 0 aliphatic heterocycles.